The molecule has 0 fully saturated rings. The molecule has 0 unspecified atom stereocenters. The number of aryl methyl sites for hydroxylation is 1. The predicted molar refractivity (Wildman–Crippen MR) is 107 cm³/mol. The van der Waals surface area contributed by atoms with Crippen LogP contribution in [0.25, 0.3) is 0 Å². The molecule has 0 aliphatic carbocycles. The molecule has 0 aliphatic heterocycles. The highest BCUT2D eigenvalue weighted by Gasteiger charge is 2.21. The summed E-state index contributed by atoms with van der Waals surface area (Å²) in [5, 5.41) is 14.2. The van der Waals surface area contributed by atoms with Gasteiger partial charge in [0.1, 0.15) is 5.75 Å². The lowest BCUT2D eigenvalue weighted by Gasteiger charge is -2.23. The molecule has 1 amide bonds. The number of carbonyl (C=O) groups excluding carboxylic acids is 1. The number of methoxy groups -OCH3 is 1. The van der Waals surface area contributed by atoms with Gasteiger partial charge in [0.2, 0.25) is 0 Å². The van der Waals surface area contributed by atoms with E-state index < -0.39 is 4.92 Å². The zero-order valence-corrected chi connectivity index (χ0v) is 16.6. The van der Waals surface area contributed by atoms with Crippen molar-refractivity contribution in [2.24, 2.45) is 5.92 Å². The molecule has 7 heteroatoms. The molecule has 0 spiro atoms. The Morgan fingerprint density at radius 1 is 1.18 bits per heavy atom. The molecule has 28 heavy (non-hydrogen) atoms. The van der Waals surface area contributed by atoms with Gasteiger partial charge in [0.25, 0.3) is 5.91 Å². The van der Waals surface area contributed by atoms with Crippen molar-refractivity contribution in [3.8, 4) is 11.5 Å². The number of carbonyl (C=O) groups is 1. The molecule has 0 saturated heterocycles. The maximum atomic E-state index is 12.4. The number of rotatable bonds is 9. The molecular weight excluding hydrogens is 360 g/mol. The van der Waals surface area contributed by atoms with Gasteiger partial charge in [-0.25, -0.2) is 0 Å². The van der Waals surface area contributed by atoms with Gasteiger partial charge in [-0.1, -0.05) is 45.0 Å². The van der Waals surface area contributed by atoms with Crippen molar-refractivity contribution in [1.29, 1.82) is 0 Å². The first kappa shape index (κ1) is 21.2. The molecule has 150 valence electrons. The van der Waals surface area contributed by atoms with E-state index >= 15 is 0 Å². The standard InChI is InChI=1S/C21H26N2O5/c1-5-15-6-8-16(9-7-15)21(14(2)3)22-20(24)13-28-19-11-10-17(27-4)12-18(19)23(25)26/h6-12,14,21H,5,13H2,1-4H3,(H,22,24)/t21-/m1/s1. The smallest absolute Gasteiger partial charge is 0.314 e. The van der Waals surface area contributed by atoms with Crippen LogP contribution >= 0.6 is 0 Å². The third kappa shape index (κ3) is 5.45. The minimum atomic E-state index is -0.567. The second-order valence-electron chi connectivity index (χ2n) is 6.76. The van der Waals surface area contributed by atoms with E-state index in [0.717, 1.165) is 12.0 Å². The summed E-state index contributed by atoms with van der Waals surface area (Å²) in [6.07, 6.45) is 0.952. The summed E-state index contributed by atoms with van der Waals surface area (Å²) in [5.41, 5.74) is 1.99. The summed E-state index contributed by atoms with van der Waals surface area (Å²) in [4.78, 5) is 23.0. The molecule has 0 saturated carbocycles. The summed E-state index contributed by atoms with van der Waals surface area (Å²) in [6.45, 7) is 5.82. The van der Waals surface area contributed by atoms with Crippen molar-refractivity contribution in [2.45, 2.75) is 33.2 Å². The second-order valence-corrected chi connectivity index (χ2v) is 6.76. The molecule has 0 aliphatic rings. The third-order valence-corrected chi connectivity index (χ3v) is 4.45. The van der Waals surface area contributed by atoms with Gasteiger partial charge in [0, 0.05) is 0 Å². The van der Waals surface area contributed by atoms with Gasteiger partial charge in [-0.2, -0.15) is 0 Å². The third-order valence-electron chi connectivity index (χ3n) is 4.45. The van der Waals surface area contributed by atoms with Crippen molar-refractivity contribution in [3.63, 3.8) is 0 Å². The van der Waals surface area contributed by atoms with E-state index in [1.165, 1.54) is 24.8 Å². The molecule has 1 N–H and O–H groups in total. The van der Waals surface area contributed by atoms with Gasteiger partial charge in [-0.15, -0.1) is 0 Å². The van der Waals surface area contributed by atoms with E-state index in [1.54, 1.807) is 6.07 Å². The fourth-order valence-corrected chi connectivity index (χ4v) is 2.84. The van der Waals surface area contributed by atoms with Crippen LogP contribution in [-0.4, -0.2) is 24.5 Å². The highest BCUT2D eigenvalue weighted by atomic mass is 16.6. The van der Waals surface area contributed by atoms with Crippen LogP contribution in [0.4, 0.5) is 5.69 Å². The molecule has 2 aromatic rings. The van der Waals surface area contributed by atoms with E-state index in [-0.39, 0.29) is 35.9 Å². The minimum absolute atomic E-state index is 0.0225. The maximum Gasteiger partial charge on any atom is 0.314 e. The summed E-state index contributed by atoms with van der Waals surface area (Å²) in [6, 6.07) is 12.2. The SMILES string of the molecule is CCc1ccc([C@H](NC(=O)COc2ccc(OC)cc2[N+](=O)[O-])C(C)C)cc1. The van der Waals surface area contributed by atoms with Gasteiger partial charge in [-0.05, 0) is 35.6 Å². The van der Waals surface area contributed by atoms with E-state index in [4.69, 9.17) is 9.47 Å². The van der Waals surface area contributed by atoms with Gasteiger partial charge < -0.3 is 14.8 Å². The summed E-state index contributed by atoms with van der Waals surface area (Å²) in [7, 11) is 1.42. The molecule has 2 rings (SSSR count). The highest BCUT2D eigenvalue weighted by Crippen LogP contribution is 2.31. The number of nitro benzene ring substituents is 1. The van der Waals surface area contributed by atoms with Gasteiger partial charge in [-0.3, -0.25) is 14.9 Å². The Morgan fingerprint density at radius 2 is 1.86 bits per heavy atom. The summed E-state index contributed by atoms with van der Waals surface area (Å²) < 4.78 is 10.4. The molecule has 2 aromatic carbocycles. The van der Waals surface area contributed by atoms with Crippen LogP contribution < -0.4 is 14.8 Å². The number of nitrogens with one attached hydrogen (secondary N) is 1. The predicted octanol–water partition coefficient (Wildman–Crippen LogP) is 4.06. The average molecular weight is 386 g/mol. The van der Waals surface area contributed by atoms with Crippen molar-refractivity contribution >= 4 is 11.6 Å². The largest absolute Gasteiger partial charge is 0.496 e. The quantitative estimate of drug-likeness (QED) is 0.518. The Kier molecular flexibility index (Phi) is 7.37. The van der Waals surface area contributed by atoms with Gasteiger partial charge in [0.05, 0.1) is 24.1 Å². The normalized spacial score (nSPS) is 11.8. The number of hydrogen-bond donors (Lipinski definition) is 1. The van der Waals surface area contributed by atoms with E-state index in [9.17, 15) is 14.9 Å². The van der Waals surface area contributed by atoms with Gasteiger partial charge >= 0.3 is 5.69 Å². The molecule has 1 atom stereocenters. The van der Waals surface area contributed by atoms with E-state index in [2.05, 4.69) is 12.2 Å². The number of hydrogen-bond acceptors (Lipinski definition) is 5. The van der Waals surface area contributed by atoms with Crippen LogP contribution in [0.15, 0.2) is 42.5 Å². The lowest BCUT2D eigenvalue weighted by Crippen LogP contribution is -2.35. The zero-order chi connectivity index (χ0) is 20.7. The van der Waals surface area contributed by atoms with Crippen LogP contribution in [0.3, 0.4) is 0 Å². The molecule has 0 heterocycles. The van der Waals surface area contributed by atoms with Crippen molar-refractivity contribution < 1.29 is 19.2 Å². The number of benzene rings is 2. The minimum Gasteiger partial charge on any atom is -0.496 e. The summed E-state index contributed by atoms with van der Waals surface area (Å²) in [5.74, 6) is 0.198. The van der Waals surface area contributed by atoms with Crippen LogP contribution in [-0.2, 0) is 11.2 Å². The molecular formula is C21H26N2O5. The topological polar surface area (TPSA) is 90.7 Å². The van der Waals surface area contributed by atoms with Crippen molar-refractivity contribution in [3.05, 3.63) is 63.7 Å². The first-order valence-electron chi connectivity index (χ1n) is 9.19. The first-order valence-corrected chi connectivity index (χ1v) is 9.19. The van der Waals surface area contributed by atoms with E-state index in [1.807, 2.05) is 38.1 Å². The fraction of sp³-hybridized carbons (Fsp3) is 0.381. The Balaban J connectivity index is 2.06. The number of ether oxygens (including phenoxy) is 2. The first-order chi connectivity index (χ1) is 13.3. The van der Waals surface area contributed by atoms with Gasteiger partial charge in [0.15, 0.2) is 12.4 Å². The second kappa shape index (κ2) is 9.73. The lowest BCUT2D eigenvalue weighted by atomic mass is 9.95. The number of nitrogens with zero attached hydrogens (tertiary/aromatic N) is 1. The Labute approximate surface area is 164 Å². The fourth-order valence-electron chi connectivity index (χ4n) is 2.84. The highest BCUT2D eigenvalue weighted by molar-refractivity contribution is 5.78. The van der Waals surface area contributed by atoms with Crippen molar-refractivity contribution in [1.82, 2.24) is 5.32 Å². The van der Waals surface area contributed by atoms with Crippen LogP contribution in [0.1, 0.15) is 37.9 Å². The Hall–Kier alpha value is -3.09. The van der Waals surface area contributed by atoms with Crippen molar-refractivity contribution in [2.75, 3.05) is 13.7 Å². The van der Waals surface area contributed by atoms with Crippen LogP contribution in [0.2, 0.25) is 0 Å². The van der Waals surface area contributed by atoms with E-state index in [0.29, 0.717) is 5.75 Å². The molecule has 0 bridgehead atoms. The van der Waals surface area contributed by atoms with Crippen LogP contribution in [0, 0.1) is 16.0 Å². The zero-order valence-electron chi connectivity index (χ0n) is 16.6. The average Bonchev–Trinajstić information content (AvgIpc) is 2.70. The monoisotopic (exact) mass is 386 g/mol. The summed E-state index contributed by atoms with van der Waals surface area (Å²) >= 11 is 0. The van der Waals surface area contributed by atoms with Crippen LogP contribution in [0.5, 0.6) is 11.5 Å². The maximum absolute atomic E-state index is 12.4. The number of nitro groups is 1. The lowest BCUT2D eigenvalue weighted by molar-refractivity contribution is -0.385. The number of amides is 1. The Bertz CT molecular complexity index is 818. The Morgan fingerprint density at radius 3 is 2.39 bits per heavy atom. The molecule has 7 nitrogen and oxygen atoms in total. The molecule has 0 aromatic heterocycles. The molecule has 0 radical (unpaired) electrons.